The van der Waals surface area contributed by atoms with E-state index in [0.717, 1.165) is 15.2 Å². The third-order valence-electron chi connectivity index (χ3n) is 3.56. The van der Waals surface area contributed by atoms with Crippen molar-refractivity contribution in [2.45, 2.75) is 11.4 Å². The summed E-state index contributed by atoms with van der Waals surface area (Å²) in [5, 5.41) is 5.07. The summed E-state index contributed by atoms with van der Waals surface area (Å²) in [6.45, 7) is 0.241. The standard InChI is InChI=1S/C15H11IN2O4S/c16-12-4-2-1-3-9(12)8-18-13-6-5-10(23(17,21)22)7-11(13)14(19)15(18)20/h1-7H,8H2,(H2,17,21,22). The molecule has 0 bridgehead atoms. The molecular formula is C15H11IN2O4S. The number of fused-ring (bicyclic) bond motifs is 1. The van der Waals surface area contributed by atoms with E-state index in [2.05, 4.69) is 22.6 Å². The summed E-state index contributed by atoms with van der Waals surface area (Å²) in [5.74, 6) is -1.40. The Balaban J connectivity index is 2.05. The number of nitrogens with two attached hydrogens (primary N) is 1. The second kappa shape index (κ2) is 5.69. The molecule has 6 nitrogen and oxygen atoms in total. The molecule has 3 rings (SSSR count). The molecule has 23 heavy (non-hydrogen) atoms. The molecule has 0 spiro atoms. The highest BCUT2D eigenvalue weighted by Gasteiger charge is 2.36. The Morgan fingerprint density at radius 2 is 1.78 bits per heavy atom. The van der Waals surface area contributed by atoms with Gasteiger partial charge >= 0.3 is 0 Å². The third-order valence-corrected chi connectivity index (χ3v) is 5.52. The van der Waals surface area contributed by atoms with Gasteiger partial charge in [0, 0.05) is 3.57 Å². The van der Waals surface area contributed by atoms with E-state index in [0.29, 0.717) is 5.69 Å². The molecule has 2 aromatic carbocycles. The van der Waals surface area contributed by atoms with Gasteiger partial charge < -0.3 is 4.90 Å². The van der Waals surface area contributed by atoms with Gasteiger partial charge in [0.05, 0.1) is 22.7 Å². The number of ketones is 1. The maximum Gasteiger partial charge on any atom is 0.299 e. The zero-order valence-corrected chi connectivity index (χ0v) is 14.7. The van der Waals surface area contributed by atoms with Gasteiger partial charge in [0.25, 0.3) is 11.7 Å². The Hall–Kier alpha value is -1.78. The predicted molar refractivity (Wildman–Crippen MR) is 92.5 cm³/mol. The fraction of sp³-hybridized carbons (Fsp3) is 0.0667. The van der Waals surface area contributed by atoms with Crippen LogP contribution in [0.3, 0.4) is 0 Å². The molecule has 2 N–H and O–H groups in total. The maximum absolute atomic E-state index is 12.2. The van der Waals surface area contributed by atoms with E-state index in [1.54, 1.807) is 0 Å². The number of carbonyl (C=O) groups is 2. The van der Waals surface area contributed by atoms with Gasteiger partial charge in [-0.1, -0.05) is 18.2 Å². The molecule has 0 radical (unpaired) electrons. The lowest BCUT2D eigenvalue weighted by atomic mass is 10.1. The maximum atomic E-state index is 12.2. The van der Waals surface area contributed by atoms with Crippen molar-refractivity contribution in [3.8, 4) is 0 Å². The molecule has 1 aliphatic heterocycles. The Morgan fingerprint density at radius 3 is 2.43 bits per heavy atom. The SMILES string of the molecule is NS(=O)(=O)c1ccc2c(c1)C(=O)C(=O)N2Cc1ccccc1I. The van der Waals surface area contributed by atoms with E-state index in [1.807, 2.05) is 24.3 Å². The summed E-state index contributed by atoms with van der Waals surface area (Å²) in [6.07, 6.45) is 0. The predicted octanol–water partition coefficient (Wildman–Crippen LogP) is 1.67. The van der Waals surface area contributed by atoms with E-state index >= 15 is 0 Å². The van der Waals surface area contributed by atoms with Crippen LogP contribution in [-0.4, -0.2) is 20.1 Å². The number of halogens is 1. The number of hydrogen-bond donors (Lipinski definition) is 1. The summed E-state index contributed by atoms with van der Waals surface area (Å²) in [6, 6.07) is 11.4. The van der Waals surface area contributed by atoms with Crippen molar-refractivity contribution in [2.24, 2.45) is 5.14 Å². The lowest BCUT2D eigenvalue weighted by Gasteiger charge is -2.17. The minimum absolute atomic E-state index is 0.0625. The van der Waals surface area contributed by atoms with E-state index in [1.165, 1.54) is 17.0 Å². The normalized spacial score (nSPS) is 14.3. The zero-order valence-electron chi connectivity index (χ0n) is 11.7. The molecule has 118 valence electrons. The van der Waals surface area contributed by atoms with E-state index in [-0.39, 0.29) is 17.0 Å². The monoisotopic (exact) mass is 442 g/mol. The summed E-state index contributed by atoms with van der Waals surface area (Å²) in [5.41, 5.74) is 1.36. The van der Waals surface area contributed by atoms with Crippen LogP contribution in [0.4, 0.5) is 5.69 Å². The smallest absolute Gasteiger partial charge is 0.299 e. The minimum Gasteiger partial charge on any atom is -0.300 e. The molecule has 8 heteroatoms. The minimum atomic E-state index is -3.93. The number of amides is 1. The number of hydrogen-bond acceptors (Lipinski definition) is 4. The number of primary sulfonamides is 1. The fourth-order valence-electron chi connectivity index (χ4n) is 2.41. The molecule has 0 unspecified atom stereocenters. The van der Waals surface area contributed by atoms with Gasteiger partial charge in [0.2, 0.25) is 10.0 Å². The van der Waals surface area contributed by atoms with Gasteiger partial charge in [-0.2, -0.15) is 0 Å². The first-order chi connectivity index (χ1) is 10.8. The number of nitrogens with zero attached hydrogens (tertiary/aromatic N) is 1. The first-order valence-electron chi connectivity index (χ1n) is 6.55. The van der Waals surface area contributed by atoms with Crippen LogP contribution in [0.25, 0.3) is 0 Å². The van der Waals surface area contributed by atoms with Crippen molar-refractivity contribution in [1.82, 2.24) is 0 Å². The van der Waals surface area contributed by atoms with Gasteiger partial charge in [0.15, 0.2) is 0 Å². The van der Waals surface area contributed by atoms with Gasteiger partial charge in [-0.3, -0.25) is 9.59 Å². The van der Waals surface area contributed by atoms with Gasteiger partial charge in [-0.25, -0.2) is 13.6 Å². The van der Waals surface area contributed by atoms with Crippen LogP contribution in [-0.2, 0) is 21.4 Å². The quantitative estimate of drug-likeness (QED) is 0.578. The first kappa shape index (κ1) is 16.1. The van der Waals surface area contributed by atoms with Crippen LogP contribution in [0.1, 0.15) is 15.9 Å². The Bertz CT molecular complexity index is 940. The van der Waals surface area contributed by atoms with E-state index in [9.17, 15) is 18.0 Å². The molecule has 0 aliphatic carbocycles. The second-order valence-corrected chi connectivity index (χ2v) is 7.76. The van der Waals surface area contributed by atoms with E-state index < -0.39 is 21.7 Å². The van der Waals surface area contributed by atoms with Crippen molar-refractivity contribution in [3.05, 3.63) is 57.2 Å². The molecule has 0 fully saturated rings. The number of anilines is 1. The summed E-state index contributed by atoms with van der Waals surface area (Å²) in [7, 11) is -3.93. The van der Waals surface area contributed by atoms with Crippen LogP contribution in [0.5, 0.6) is 0 Å². The molecule has 1 heterocycles. The van der Waals surface area contributed by atoms with Gasteiger partial charge in [-0.15, -0.1) is 0 Å². The average Bonchev–Trinajstić information content (AvgIpc) is 2.73. The van der Waals surface area contributed by atoms with Crippen LogP contribution in [0.15, 0.2) is 47.4 Å². The molecule has 1 amide bonds. The lowest BCUT2D eigenvalue weighted by molar-refractivity contribution is -0.114. The molecule has 0 saturated carbocycles. The molecular weight excluding hydrogens is 431 g/mol. The van der Waals surface area contributed by atoms with Crippen molar-refractivity contribution in [3.63, 3.8) is 0 Å². The largest absolute Gasteiger partial charge is 0.300 e. The topological polar surface area (TPSA) is 97.5 Å². The fourth-order valence-corrected chi connectivity index (χ4v) is 3.51. The van der Waals surface area contributed by atoms with Gasteiger partial charge in [-0.05, 0) is 52.4 Å². The number of carbonyl (C=O) groups excluding carboxylic acids is 2. The third kappa shape index (κ3) is 2.89. The van der Waals surface area contributed by atoms with Gasteiger partial charge in [0.1, 0.15) is 0 Å². The Kier molecular flexibility index (Phi) is 3.98. The highest BCUT2D eigenvalue weighted by atomic mass is 127. The van der Waals surface area contributed by atoms with Crippen LogP contribution in [0, 0.1) is 3.57 Å². The molecule has 2 aromatic rings. The Labute approximate surface area is 146 Å². The van der Waals surface area contributed by atoms with Crippen LogP contribution < -0.4 is 10.0 Å². The Morgan fingerprint density at radius 1 is 1.09 bits per heavy atom. The molecule has 0 aromatic heterocycles. The van der Waals surface area contributed by atoms with Crippen LogP contribution in [0.2, 0.25) is 0 Å². The number of sulfonamides is 1. The molecule has 0 atom stereocenters. The lowest BCUT2D eigenvalue weighted by Crippen LogP contribution is -2.29. The second-order valence-electron chi connectivity index (χ2n) is 5.04. The molecule has 1 aliphatic rings. The summed E-state index contributed by atoms with van der Waals surface area (Å²) < 4.78 is 23.8. The average molecular weight is 442 g/mol. The first-order valence-corrected chi connectivity index (χ1v) is 9.18. The summed E-state index contributed by atoms with van der Waals surface area (Å²) >= 11 is 2.16. The van der Waals surface area contributed by atoms with Crippen molar-refractivity contribution >= 4 is 50.0 Å². The highest BCUT2D eigenvalue weighted by molar-refractivity contribution is 14.1. The number of rotatable bonds is 3. The number of Topliss-reactive ketones (excluding diaryl/α,β-unsaturated/α-hetero) is 1. The zero-order chi connectivity index (χ0) is 16.8. The van der Waals surface area contributed by atoms with Crippen molar-refractivity contribution < 1.29 is 18.0 Å². The van der Waals surface area contributed by atoms with Crippen LogP contribution >= 0.6 is 22.6 Å². The van der Waals surface area contributed by atoms with Crippen molar-refractivity contribution in [2.75, 3.05) is 4.90 Å². The van der Waals surface area contributed by atoms with E-state index in [4.69, 9.17) is 5.14 Å². The summed E-state index contributed by atoms with van der Waals surface area (Å²) in [4.78, 5) is 25.5. The highest BCUT2D eigenvalue weighted by Crippen LogP contribution is 2.32. The molecule has 0 saturated heterocycles. The number of benzene rings is 2. The van der Waals surface area contributed by atoms with Crippen molar-refractivity contribution in [1.29, 1.82) is 0 Å².